The number of carbonyl (C=O) groups excluding carboxylic acids is 1. The first-order valence-corrected chi connectivity index (χ1v) is 7.17. The van der Waals surface area contributed by atoms with Crippen molar-refractivity contribution in [3.63, 3.8) is 0 Å². The molecule has 0 aliphatic heterocycles. The summed E-state index contributed by atoms with van der Waals surface area (Å²) in [4.78, 5) is 14.1. The molecule has 0 bridgehead atoms. The van der Waals surface area contributed by atoms with Gasteiger partial charge in [-0.1, -0.05) is 11.6 Å². The first-order chi connectivity index (χ1) is 10.1. The van der Waals surface area contributed by atoms with Gasteiger partial charge in [-0.05, 0) is 50.2 Å². The molecule has 1 heterocycles. The summed E-state index contributed by atoms with van der Waals surface area (Å²) in [6, 6.07) is 10.4. The molecule has 1 aromatic heterocycles. The summed E-state index contributed by atoms with van der Waals surface area (Å²) in [6.07, 6.45) is 0. The van der Waals surface area contributed by atoms with Crippen LogP contribution in [-0.2, 0) is 0 Å². The minimum absolute atomic E-state index is 0.279. The second kappa shape index (κ2) is 7.04. The van der Waals surface area contributed by atoms with Crippen LogP contribution in [0.1, 0.15) is 24.3 Å². The topological polar surface area (TPSA) is 58.1 Å². The lowest BCUT2D eigenvalue weighted by atomic mass is 10.3. The van der Waals surface area contributed by atoms with Crippen molar-refractivity contribution in [1.82, 2.24) is 10.2 Å². The molecular weight excluding hydrogens is 288 g/mol. The Labute approximate surface area is 128 Å². The second-order valence-corrected chi connectivity index (χ2v) is 4.85. The number of rotatable bonds is 5. The zero-order valence-electron chi connectivity index (χ0n) is 12.0. The van der Waals surface area contributed by atoms with Crippen molar-refractivity contribution in [3.8, 4) is 0 Å². The number of halogens is 1. The van der Waals surface area contributed by atoms with E-state index in [0.717, 1.165) is 18.9 Å². The molecule has 0 fully saturated rings. The molecule has 21 heavy (non-hydrogen) atoms. The van der Waals surface area contributed by atoms with Crippen LogP contribution in [0.15, 0.2) is 36.4 Å². The molecule has 110 valence electrons. The summed E-state index contributed by atoms with van der Waals surface area (Å²) in [5, 5.41) is 11.4. The van der Waals surface area contributed by atoms with Gasteiger partial charge in [0.1, 0.15) is 0 Å². The van der Waals surface area contributed by atoms with Crippen molar-refractivity contribution in [2.45, 2.75) is 13.8 Å². The molecule has 0 aliphatic rings. The number of hydrogen-bond donors (Lipinski definition) is 1. The van der Waals surface area contributed by atoms with Gasteiger partial charge in [0.25, 0.3) is 5.91 Å². The van der Waals surface area contributed by atoms with E-state index in [0.29, 0.717) is 10.7 Å². The van der Waals surface area contributed by atoms with Crippen molar-refractivity contribution in [2.75, 3.05) is 23.3 Å². The summed E-state index contributed by atoms with van der Waals surface area (Å²) >= 11 is 5.80. The fourth-order valence-corrected chi connectivity index (χ4v) is 2.02. The molecule has 5 nitrogen and oxygen atoms in total. The van der Waals surface area contributed by atoms with Gasteiger partial charge in [0.15, 0.2) is 11.5 Å². The first kappa shape index (κ1) is 15.3. The third-order valence-electron chi connectivity index (χ3n) is 3.07. The van der Waals surface area contributed by atoms with Gasteiger partial charge in [-0.25, -0.2) is 0 Å². The lowest BCUT2D eigenvalue weighted by Crippen LogP contribution is -2.24. The highest BCUT2D eigenvalue weighted by Gasteiger charge is 2.10. The van der Waals surface area contributed by atoms with Crippen molar-refractivity contribution < 1.29 is 4.79 Å². The van der Waals surface area contributed by atoms with Crippen LogP contribution in [0.25, 0.3) is 0 Å². The summed E-state index contributed by atoms with van der Waals surface area (Å²) in [5.74, 6) is 0.471. The van der Waals surface area contributed by atoms with E-state index in [4.69, 9.17) is 11.6 Å². The quantitative estimate of drug-likeness (QED) is 0.921. The zero-order chi connectivity index (χ0) is 15.2. The van der Waals surface area contributed by atoms with Gasteiger partial charge in [-0.3, -0.25) is 4.79 Å². The summed E-state index contributed by atoms with van der Waals surface area (Å²) in [5.41, 5.74) is 0.944. The average molecular weight is 305 g/mol. The number of anilines is 2. The van der Waals surface area contributed by atoms with E-state index < -0.39 is 0 Å². The van der Waals surface area contributed by atoms with E-state index >= 15 is 0 Å². The largest absolute Gasteiger partial charge is 0.356 e. The van der Waals surface area contributed by atoms with Gasteiger partial charge in [-0.15, -0.1) is 10.2 Å². The Hall–Kier alpha value is -2.14. The molecule has 0 spiro atoms. The number of nitrogens with zero attached hydrogens (tertiary/aromatic N) is 3. The van der Waals surface area contributed by atoms with Crippen molar-refractivity contribution in [1.29, 1.82) is 0 Å². The Kier molecular flexibility index (Phi) is 5.11. The summed E-state index contributed by atoms with van der Waals surface area (Å²) < 4.78 is 0. The minimum Gasteiger partial charge on any atom is -0.356 e. The molecule has 0 saturated heterocycles. The first-order valence-electron chi connectivity index (χ1n) is 6.79. The van der Waals surface area contributed by atoms with Gasteiger partial charge in [0.05, 0.1) is 0 Å². The molecule has 2 aromatic rings. The van der Waals surface area contributed by atoms with Crippen LogP contribution in [-0.4, -0.2) is 29.2 Å². The smallest absolute Gasteiger partial charge is 0.276 e. The van der Waals surface area contributed by atoms with E-state index in [-0.39, 0.29) is 11.6 Å². The van der Waals surface area contributed by atoms with E-state index in [1.165, 1.54) is 0 Å². The van der Waals surface area contributed by atoms with Crippen LogP contribution >= 0.6 is 11.6 Å². The maximum atomic E-state index is 12.1. The lowest BCUT2D eigenvalue weighted by Gasteiger charge is -2.18. The minimum atomic E-state index is -0.295. The average Bonchev–Trinajstić information content (AvgIpc) is 2.51. The van der Waals surface area contributed by atoms with Gasteiger partial charge < -0.3 is 10.2 Å². The summed E-state index contributed by atoms with van der Waals surface area (Å²) in [6.45, 7) is 5.79. The highest BCUT2D eigenvalue weighted by atomic mass is 35.5. The molecule has 0 radical (unpaired) electrons. The number of nitrogens with one attached hydrogen (secondary N) is 1. The Balaban J connectivity index is 2.07. The third-order valence-corrected chi connectivity index (χ3v) is 3.32. The maximum Gasteiger partial charge on any atom is 0.276 e. The molecule has 1 amide bonds. The predicted octanol–water partition coefficient (Wildman–Crippen LogP) is 3.23. The number of carbonyl (C=O) groups is 1. The number of aromatic nitrogens is 2. The van der Waals surface area contributed by atoms with E-state index in [2.05, 4.69) is 20.4 Å². The second-order valence-electron chi connectivity index (χ2n) is 4.41. The molecule has 2 rings (SSSR count). The Morgan fingerprint density at radius 1 is 1.10 bits per heavy atom. The molecule has 0 unspecified atom stereocenters. The van der Waals surface area contributed by atoms with Crippen LogP contribution in [0.4, 0.5) is 11.5 Å². The van der Waals surface area contributed by atoms with Crippen LogP contribution in [0.3, 0.4) is 0 Å². The molecular formula is C15H17ClN4O. The Bertz CT molecular complexity index is 594. The van der Waals surface area contributed by atoms with Crippen LogP contribution in [0.5, 0.6) is 0 Å². The highest BCUT2D eigenvalue weighted by molar-refractivity contribution is 6.30. The fraction of sp³-hybridized carbons (Fsp3) is 0.267. The third kappa shape index (κ3) is 3.92. The fourth-order valence-electron chi connectivity index (χ4n) is 1.89. The van der Waals surface area contributed by atoms with Gasteiger partial charge >= 0.3 is 0 Å². The normalized spacial score (nSPS) is 10.2. The maximum absolute atomic E-state index is 12.1. The van der Waals surface area contributed by atoms with Crippen LogP contribution in [0, 0.1) is 0 Å². The molecule has 1 N–H and O–H groups in total. The Morgan fingerprint density at radius 3 is 2.29 bits per heavy atom. The van der Waals surface area contributed by atoms with E-state index in [1.54, 1.807) is 36.4 Å². The molecule has 6 heteroatoms. The molecule has 0 aliphatic carbocycles. The van der Waals surface area contributed by atoms with Crippen LogP contribution in [0.2, 0.25) is 5.02 Å². The summed E-state index contributed by atoms with van der Waals surface area (Å²) in [7, 11) is 0. The van der Waals surface area contributed by atoms with Gasteiger partial charge in [0, 0.05) is 23.8 Å². The van der Waals surface area contributed by atoms with Crippen molar-refractivity contribution in [2.24, 2.45) is 0 Å². The van der Waals surface area contributed by atoms with Crippen molar-refractivity contribution in [3.05, 3.63) is 47.1 Å². The predicted molar refractivity (Wildman–Crippen MR) is 85.0 cm³/mol. The molecule has 0 atom stereocenters. The van der Waals surface area contributed by atoms with Gasteiger partial charge in [0.2, 0.25) is 0 Å². The SMILES string of the molecule is CCN(CC)c1ccc(C(=O)Nc2ccc(Cl)cc2)nn1. The van der Waals surface area contributed by atoms with E-state index in [1.807, 2.05) is 13.8 Å². The number of amides is 1. The zero-order valence-corrected chi connectivity index (χ0v) is 12.8. The molecule has 0 saturated carbocycles. The standard InChI is InChI=1S/C15H17ClN4O/c1-3-20(4-2)14-10-9-13(18-19-14)15(21)17-12-7-5-11(16)6-8-12/h5-10H,3-4H2,1-2H3,(H,17,21). The number of hydrogen-bond acceptors (Lipinski definition) is 4. The van der Waals surface area contributed by atoms with Crippen LogP contribution < -0.4 is 10.2 Å². The number of benzene rings is 1. The monoisotopic (exact) mass is 304 g/mol. The highest BCUT2D eigenvalue weighted by Crippen LogP contribution is 2.14. The van der Waals surface area contributed by atoms with Crippen molar-refractivity contribution >= 4 is 29.0 Å². The lowest BCUT2D eigenvalue weighted by molar-refractivity contribution is 0.102. The van der Waals surface area contributed by atoms with Gasteiger partial charge in [-0.2, -0.15) is 0 Å². The Morgan fingerprint density at radius 2 is 1.76 bits per heavy atom. The van der Waals surface area contributed by atoms with E-state index in [9.17, 15) is 4.79 Å². The molecule has 1 aromatic carbocycles.